The monoisotopic (exact) mass is 237 g/mol. The van der Waals surface area contributed by atoms with Crippen LogP contribution < -0.4 is 0 Å². The van der Waals surface area contributed by atoms with Gasteiger partial charge in [0.1, 0.15) is 12.1 Å². The van der Waals surface area contributed by atoms with E-state index in [1.54, 1.807) is 12.1 Å². The molecule has 17 heavy (non-hydrogen) atoms. The third-order valence-electron chi connectivity index (χ3n) is 3.03. The molecule has 0 spiro atoms. The van der Waals surface area contributed by atoms with E-state index in [-0.39, 0.29) is 11.9 Å². The standard InChI is InChI=1S/C13H16FNO2/c14-12-3-1-11(2-4-12)9-13(10-16)15-5-7-17-8-6-15/h1-4,10,13H,5-9H2. The van der Waals surface area contributed by atoms with E-state index in [0.29, 0.717) is 19.6 Å². The molecule has 1 heterocycles. The molecule has 0 aliphatic carbocycles. The first-order valence-electron chi connectivity index (χ1n) is 5.81. The zero-order valence-electron chi connectivity index (χ0n) is 9.64. The molecule has 1 aromatic carbocycles. The van der Waals surface area contributed by atoms with E-state index in [0.717, 1.165) is 24.9 Å². The molecule has 1 aliphatic rings. The van der Waals surface area contributed by atoms with E-state index in [2.05, 4.69) is 4.90 Å². The first kappa shape index (κ1) is 12.2. The lowest BCUT2D eigenvalue weighted by Crippen LogP contribution is -2.45. The molecule has 3 nitrogen and oxygen atoms in total. The third kappa shape index (κ3) is 3.35. The lowest BCUT2D eigenvalue weighted by Gasteiger charge is -2.31. The molecule has 1 aliphatic heterocycles. The Labute approximate surface area is 100 Å². The molecule has 0 bridgehead atoms. The summed E-state index contributed by atoms with van der Waals surface area (Å²) in [5.41, 5.74) is 0.981. The first-order chi connectivity index (χ1) is 8.29. The topological polar surface area (TPSA) is 29.5 Å². The Morgan fingerprint density at radius 2 is 1.94 bits per heavy atom. The second-order valence-corrected chi connectivity index (χ2v) is 4.18. The molecule has 1 unspecified atom stereocenters. The molecular formula is C13H16FNO2. The maximum Gasteiger partial charge on any atom is 0.137 e. The van der Waals surface area contributed by atoms with Crippen molar-refractivity contribution in [3.05, 3.63) is 35.6 Å². The van der Waals surface area contributed by atoms with Gasteiger partial charge >= 0.3 is 0 Å². The number of carbonyl (C=O) groups excluding carboxylic acids is 1. The highest BCUT2D eigenvalue weighted by atomic mass is 19.1. The minimum Gasteiger partial charge on any atom is -0.379 e. The van der Waals surface area contributed by atoms with Crippen molar-refractivity contribution in [1.82, 2.24) is 4.90 Å². The normalized spacial score (nSPS) is 18.9. The Hall–Kier alpha value is -1.26. The van der Waals surface area contributed by atoms with Crippen LogP contribution in [-0.4, -0.2) is 43.5 Å². The summed E-state index contributed by atoms with van der Waals surface area (Å²) < 4.78 is 18.0. The van der Waals surface area contributed by atoms with Crippen LogP contribution in [0.4, 0.5) is 4.39 Å². The van der Waals surface area contributed by atoms with Crippen LogP contribution in [0.25, 0.3) is 0 Å². The van der Waals surface area contributed by atoms with Crippen molar-refractivity contribution in [2.75, 3.05) is 26.3 Å². The van der Waals surface area contributed by atoms with E-state index in [4.69, 9.17) is 4.74 Å². The average Bonchev–Trinajstić information content (AvgIpc) is 2.39. The summed E-state index contributed by atoms with van der Waals surface area (Å²) in [6, 6.07) is 6.18. The van der Waals surface area contributed by atoms with Crippen molar-refractivity contribution >= 4 is 6.29 Å². The smallest absolute Gasteiger partial charge is 0.137 e. The third-order valence-corrected chi connectivity index (χ3v) is 3.03. The van der Waals surface area contributed by atoms with Crippen LogP contribution in [0.5, 0.6) is 0 Å². The van der Waals surface area contributed by atoms with Gasteiger partial charge in [0, 0.05) is 13.1 Å². The van der Waals surface area contributed by atoms with Gasteiger partial charge in [0.2, 0.25) is 0 Å². The quantitative estimate of drug-likeness (QED) is 0.739. The fourth-order valence-corrected chi connectivity index (χ4v) is 2.03. The van der Waals surface area contributed by atoms with Gasteiger partial charge < -0.3 is 9.53 Å². The van der Waals surface area contributed by atoms with Crippen LogP contribution >= 0.6 is 0 Å². The van der Waals surface area contributed by atoms with Crippen molar-refractivity contribution in [2.45, 2.75) is 12.5 Å². The Morgan fingerprint density at radius 3 is 2.53 bits per heavy atom. The minimum atomic E-state index is -0.247. The molecule has 1 fully saturated rings. The van der Waals surface area contributed by atoms with Gasteiger partial charge in [0.15, 0.2) is 0 Å². The summed E-state index contributed by atoms with van der Waals surface area (Å²) >= 11 is 0. The van der Waals surface area contributed by atoms with E-state index in [1.165, 1.54) is 12.1 Å². The van der Waals surface area contributed by atoms with Crippen LogP contribution in [0.1, 0.15) is 5.56 Å². The fourth-order valence-electron chi connectivity index (χ4n) is 2.03. The highest BCUT2D eigenvalue weighted by molar-refractivity contribution is 5.58. The maximum atomic E-state index is 12.8. The molecule has 0 saturated carbocycles. The number of hydrogen-bond acceptors (Lipinski definition) is 3. The molecule has 0 N–H and O–H groups in total. The van der Waals surface area contributed by atoms with Gasteiger partial charge in [0.25, 0.3) is 0 Å². The first-order valence-corrected chi connectivity index (χ1v) is 5.81. The number of carbonyl (C=O) groups is 1. The lowest BCUT2D eigenvalue weighted by atomic mass is 10.1. The second kappa shape index (κ2) is 5.89. The SMILES string of the molecule is O=CC(Cc1ccc(F)cc1)N1CCOCC1. The average molecular weight is 237 g/mol. The van der Waals surface area contributed by atoms with Gasteiger partial charge in [0.05, 0.1) is 19.3 Å². The second-order valence-electron chi connectivity index (χ2n) is 4.18. The summed E-state index contributed by atoms with van der Waals surface area (Å²) in [7, 11) is 0. The highest BCUT2D eigenvalue weighted by Crippen LogP contribution is 2.10. The fraction of sp³-hybridized carbons (Fsp3) is 0.462. The molecule has 4 heteroatoms. The number of rotatable bonds is 4. The van der Waals surface area contributed by atoms with Crippen LogP contribution in [0.3, 0.4) is 0 Å². The van der Waals surface area contributed by atoms with E-state index in [9.17, 15) is 9.18 Å². The summed E-state index contributed by atoms with van der Waals surface area (Å²) in [4.78, 5) is 13.2. The van der Waals surface area contributed by atoms with Gasteiger partial charge in [-0.15, -0.1) is 0 Å². The number of morpholine rings is 1. The van der Waals surface area contributed by atoms with Gasteiger partial charge in [-0.3, -0.25) is 4.90 Å². The van der Waals surface area contributed by atoms with Crippen LogP contribution in [-0.2, 0) is 16.0 Å². The van der Waals surface area contributed by atoms with E-state index in [1.807, 2.05) is 0 Å². The zero-order valence-corrected chi connectivity index (χ0v) is 9.64. The Balaban J connectivity index is 1.98. The number of aldehydes is 1. The van der Waals surface area contributed by atoms with Gasteiger partial charge in [-0.25, -0.2) is 4.39 Å². The van der Waals surface area contributed by atoms with Gasteiger partial charge in [-0.2, -0.15) is 0 Å². The molecule has 0 radical (unpaired) electrons. The van der Waals surface area contributed by atoms with Crippen molar-refractivity contribution in [3.63, 3.8) is 0 Å². The van der Waals surface area contributed by atoms with Crippen LogP contribution in [0, 0.1) is 5.82 Å². The molecule has 92 valence electrons. The van der Waals surface area contributed by atoms with Crippen molar-refractivity contribution < 1.29 is 13.9 Å². The van der Waals surface area contributed by atoms with Crippen molar-refractivity contribution in [1.29, 1.82) is 0 Å². The molecule has 1 aromatic rings. The Bertz CT molecular complexity index is 360. The molecule has 0 aromatic heterocycles. The highest BCUT2D eigenvalue weighted by Gasteiger charge is 2.20. The number of ether oxygens (including phenoxy) is 1. The molecule has 1 saturated heterocycles. The zero-order chi connectivity index (χ0) is 12.1. The number of benzene rings is 1. The Kier molecular flexibility index (Phi) is 4.23. The predicted octanol–water partition coefficient (Wildman–Crippen LogP) is 1.27. The summed E-state index contributed by atoms with van der Waals surface area (Å²) in [6.07, 6.45) is 1.60. The van der Waals surface area contributed by atoms with Crippen molar-refractivity contribution in [3.8, 4) is 0 Å². The predicted molar refractivity (Wildman–Crippen MR) is 62.3 cm³/mol. The van der Waals surface area contributed by atoms with Gasteiger partial charge in [-0.05, 0) is 24.1 Å². The molecule has 2 rings (SSSR count). The summed E-state index contributed by atoms with van der Waals surface area (Å²) in [6.45, 7) is 2.91. The molecular weight excluding hydrogens is 221 g/mol. The number of hydrogen-bond donors (Lipinski definition) is 0. The van der Waals surface area contributed by atoms with Crippen LogP contribution in [0.2, 0.25) is 0 Å². The largest absolute Gasteiger partial charge is 0.379 e. The summed E-state index contributed by atoms with van der Waals surface area (Å²) in [5.74, 6) is -0.247. The van der Waals surface area contributed by atoms with Gasteiger partial charge in [-0.1, -0.05) is 12.1 Å². The van der Waals surface area contributed by atoms with E-state index < -0.39 is 0 Å². The number of halogens is 1. The molecule has 1 atom stereocenters. The lowest BCUT2D eigenvalue weighted by molar-refractivity contribution is -0.114. The Morgan fingerprint density at radius 1 is 1.29 bits per heavy atom. The molecule has 0 amide bonds. The maximum absolute atomic E-state index is 12.8. The van der Waals surface area contributed by atoms with E-state index >= 15 is 0 Å². The van der Waals surface area contributed by atoms with Crippen molar-refractivity contribution in [2.24, 2.45) is 0 Å². The number of nitrogens with zero attached hydrogens (tertiary/aromatic N) is 1. The minimum absolute atomic E-state index is 0.135. The summed E-state index contributed by atoms with van der Waals surface area (Å²) in [5, 5.41) is 0. The van der Waals surface area contributed by atoms with Crippen LogP contribution in [0.15, 0.2) is 24.3 Å².